The van der Waals surface area contributed by atoms with E-state index in [1.165, 1.54) is 9.08 Å². The lowest BCUT2D eigenvalue weighted by Crippen LogP contribution is -2.33. The molecule has 0 bridgehead atoms. The minimum atomic E-state index is -0.693. The summed E-state index contributed by atoms with van der Waals surface area (Å²) in [5.41, 5.74) is 10.3. The lowest BCUT2D eigenvalue weighted by molar-refractivity contribution is 0.0940. The second-order valence-electron chi connectivity index (χ2n) is 9.81. The second-order valence-corrected chi connectivity index (χ2v) is 9.81. The van der Waals surface area contributed by atoms with E-state index < -0.39 is 11.9 Å². The van der Waals surface area contributed by atoms with E-state index in [0.717, 1.165) is 17.0 Å². The van der Waals surface area contributed by atoms with Crippen LogP contribution < -0.4 is 16.6 Å². The second kappa shape index (κ2) is 10.6. The summed E-state index contributed by atoms with van der Waals surface area (Å²) in [6.07, 6.45) is 3.31. The number of nitrogens with zero attached hydrogens (tertiary/aromatic N) is 6. The first-order valence-corrected chi connectivity index (χ1v) is 13.3. The number of aromatic nitrogens is 6. The normalized spacial score (nSPS) is 11.7. The van der Waals surface area contributed by atoms with E-state index in [1.807, 2.05) is 62.4 Å². The van der Waals surface area contributed by atoms with Gasteiger partial charge in [0.05, 0.1) is 28.3 Å². The Morgan fingerprint density at radius 2 is 1.69 bits per heavy atom. The van der Waals surface area contributed by atoms with Crippen molar-refractivity contribution < 1.29 is 4.79 Å². The summed E-state index contributed by atoms with van der Waals surface area (Å²) in [7, 11) is 0. The zero-order valence-corrected chi connectivity index (χ0v) is 23.2. The molecule has 0 fully saturated rings. The van der Waals surface area contributed by atoms with Crippen molar-refractivity contribution in [1.29, 1.82) is 0 Å². The predicted octanol–water partition coefficient (Wildman–Crippen LogP) is 3.91. The molecule has 42 heavy (non-hydrogen) atoms. The Bertz CT molecular complexity index is 2120. The molecule has 0 saturated heterocycles. The third-order valence-electron chi connectivity index (χ3n) is 6.97. The molecule has 6 rings (SSSR count). The molecular formula is C32H26N8O2. The monoisotopic (exact) mass is 554 g/mol. The number of amides is 1. The van der Waals surface area contributed by atoms with Crippen LogP contribution in [0, 0.1) is 25.7 Å². The Labute approximate surface area is 240 Å². The van der Waals surface area contributed by atoms with Gasteiger partial charge < -0.3 is 11.1 Å². The van der Waals surface area contributed by atoms with Gasteiger partial charge >= 0.3 is 0 Å². The number of anilines is 1. The Morgan fingerprint density at radius 1 is 0.929 bits per heavy atom. The van der Waals surface area contributed by atoms with Crippen molar-refractivity contribution in [2.24, 2.45) is 0 Å². The number of rotatable bonds is 4. The minimum absolute atomic E-state index is 0.0560. The molecule has 1 unspecified atom stereocenters. The van der Waals surface area contributed by atoms with Gasteiger partial charge in [-0.05, 0) is 63.2 Å². The number of pyridine rings is 1. The third kappa shape index (κ3) is 4.63. The molecule has 0 aliphatic rings. The molecular weight excluding hydrogens is 528 g/mol. The summed E-state index contributed by atoms with van der Waals surface area (Å²) < 4.78 is 3.04. The average molecular weight is 555 g/mol. The molecule has 0 saturated carbocycles. The first-order valence-electron chi connectivity index (χ1n) is 13.3. The highest BCUT2D eigenvalue weighted by Crippen LogP contribution is 2.22. The van der Waals surface area contributed by atoms with Crippen molar-refractivity contribution in [1.82, 2.24) is 34.4 Å². The minimum Gasteiger partial charge on any atom is -0.381 e. The molecule has 6 aromatic rings. The van der Waals surface area contributed by atoms with E-state index >= 15 is 0 Å². The standard InChI is InChI=1S/C32H26N8O2/c1-19-16-18-35-30-27(28(33)38-40(19)30)31(41)36-21(3)29-37-25-13-7-9-23(15-14-22-10-8-17-34-20(22)2)26(25)32(42)39(29)24-11-5-4-6-12-24/h4-13,16-18,21H,1-3H3,(H2,33,38)(H,36,41). The van der Waals surface area contributed by atoms with Crippen molar-refractivity contribution in [3.63, 3.8) is 0 Å². The lowest BCUT2D eigenvalue weighted by Gasteiger charge is -2.20. The number of hydrogen-bond donors (Lipinski definition) is 2. The van der Waals surface area contributed by atoms with Crippen LogP contribution in [0.3, 0.4) is 0 Å². The molecule has 0 spiro atoms. The summed E-state index contributed by atoms with van der Waals surface area (Å²) in [6, 6.07) is 19.3. The predicted molar refractivity (Wildman–Crippen MR) is 160 cm³/mol. The molecule has 3 N–H and O–H groups in total. The Kier molecular flexibility index (Phi) is 6.68. The zero-order chi connectivity index (χ0) is 29.4. The van der Waals surface area contributed by atoms with Crippen molar-refractivity contribution >= 4 is 28.3 Å². The molecule has 0 radical (unpaired) electrons. The highest BCUT2D eigenvalue weighted by Gasteiger charge is 2.25. The van der Waals surface area contributed by atoms with Crippen LogP contribution in [0.15, 0.2) is 83.9 Å². The Hall–Kier alpha value is -5.82. The van der Waals surface area contributed by atoms with Crippen LogP contribution >= 0.6 is 0 Å². The molecule has 1 amide bonds. The van der Waals surface area contributed by atoms with Gasteiger partial charge in [-0.3, -0.25) is 19.1 Å². The number of para-hydroxylation sites is 1. The van der Waals surface area contributed by atoms with Crippen LogP contribution in [0.4, 0.5) is 5.82 Å². The Balaban J connectivity index is 1.48. The van der Waals surface area contributed by atoms with E-state index in [0.29, 0.717) is 33.6 Å². The number of carbonyl (C=O) groups excluding carboxylic acids is 1. The van der Waals surface area contributed by atoms with Crippen LogP contribution in [0.1, 0.15) is 51.7 Å². The lowest BCUT2D eigenvalue weighted by atomic mass is 10.1. The zero-order valence-electron chi connectivity index (χ0n) is 23.2. The van der Waals surface area contributed by atoms with Crippen molar-refractivity contribution in [2.45, 2.75) is 26.8 Å². The van der Waals surface area contributed by atoms with Crippen LogP contribution in [0.25, 0.3) is 22.2 Å². The van der Waals surface area contributed by atoms with Crippen molar-refractivity contribution in [3.05, 3.63) is 123 Å². The summed E-state index contributed by atoms with van der Waals surface area (Å²) in [5.74, 6) is 6.21. The van der Waals surface area contributed by atoms with Gasteiger partial charge in [0.15, 0.2) is 11.5 Å². The third-order valence-corrected chi connectivity index (χ3v) is 6.97. The highest BCUT2D eigenvalue weighted by atomic mass is 16.2. The molecule has 4 heterocycles. The summed E-state index contributed by atoms with van der Waals surface area (Å²) in [6.45, 7) is 5.50. The fraction of sp³-hybridized carbons (Fsp3) is 0.125. The number of benzene rings is 2. The molecule has 0 aliphatic carbocycles. The summed E-state index contributed by atoms with van der Waals surface area (Å²) in [4.78, 5) is 41.2. The van der Waals surface area contributed by atoms with Gasteiger partial charge in [-0.1, -0.05) is 36.1 Å². The van der Waals surface area contributed by atoms with E-state index in [4.69, 9.17) is 10.7 Å². The molecule has 2 aromatic carbocycles. The maximum absolute atomic E-state index is 14.2. The number of nitrogens with one attached hydrogen (secondary N) is 1. The van der Waals surface area contributed by atoms with Gasteiger partial charge in [-0.25, -0.2) is 14.5 Å². The van der Waals surface area contributed by atoms with E-state index in [9.17, 15) is 9.59 Å². The van der Waals surface area contributed by atoms with Crippen molar-refractivity contribution in [3.8, 4) is 17.5 Å². The number of nitrogen functional groups attached to an aromatic ring is 1. The SMILES string of the molecule is Cc1ncccc1C#Cc1cccc2nc(C(C)NC(=O)c3c(N)nn4c(C)ccnc34)n(-c3ccccc3)c(=O)c12. The summed E-state index contributed by atoms with van der Waals surface area (Å²) in [5, 5.41) is 7.60. The van der Waals surface area contributed by atoms with Gasteiger partial charge in [0.2, 0.25) is 0 Å². The smallest absolute Gasteiger partial charge is 0.267 e. The van der Waals surface area contributed by atoms with Crippen molar-refractivity contribution in [2.75, 3.05) is 5.73 Å². The van der Waals surface area contributed by atoms with E-state index in [1.54, 1.807) is 37.5 Å². The molecule has 10 nitrogen and oxygen atoms in total. The number of fused-ring (bicyclic) bond motifs is 2. The van der Waals surface area contributed by atoms with Crippen LogP contribution in [0.2, 0.25) is 0 Å². The van der Waals surface area contributed by atoms with Gasteiger partial charge in [0.1, 0.15) is 11.4 Å². The van der Waals surface area contributed by atoms with Crippen LogP contribution in [-0.4, -0.2) is 35.0 Å². The Morgan fingerprint density at radius 3 is 2.48 bits per heavy atom. The molecule has 206 valence electrons. The van der Waals surface area contributed by atoms with Crippen LogP contribution in [0.5, 0.6) is 0 Å². The molecule has 10 heteroatoms. The summed E-state index contributed by atoms with van der Waals surface area (Å²) >= 11 is 0. The number of hydrogen-bond acceptors (Lipinski definition) is 7. The fourth-order valence-corrected chi connectivity index (χ4v) is 4.85. The average Bonchev–Trinajstić information content (AvgIpc) is 3.34. The first kappa shape index (κ1) is 26.4. The van der Waals surface area contributed by atoms with E-state index in [-0.39, 0.29) is 16.9 Å². The van der Waals surface area contributed by atoms with Gasteiger partial charge in [-0.2, -0.15) is 0 Å². The topological polar surface area (TPSA) is 133 Å². The number of aryl methyl sites for hydroxylation is 2. The maximum Gasteiger partial charge on any atom is 0.267 e. The number of nitrogens with two attached hydrogens (primary N) is 1. The van der Waals surface area contributed by atoms with E-state index in [2.05, 4.69) is 32.2 Å². The van der Waals surface area contributed by atoms with Gasteiger partial charge in [-0.15, -0.1) is 5.10 Å². The highest BCUT2D eigenvalue weighted by molar-refractivity contribution is 6.04. The quantitative estimate of drug-likeness (QED) is 0.316. The largest absolute Gasteiger partial charge is 0.381 e. The molecule has 1 atom stereocenters. The fourth-order valence-electron chi connectivity index (χ4n) is 4.85. The molecule has 0 aliphatic heterocycles. The molecule has 4 aromatic heterocycles. The maximum atomic E-state index is 14.2. The van der Waals surface area contributed by atoms with Gasteiger partial charge in [0, 0.05) is 29.2 Å². The van der Waals surface area contributed by atoms with Crippen LogP contribution in [-0.2, 0) is 0 Å². The van der Waals surface area contributed by atoms with Gasteiger partial charge in [0.25, 0.3) is 11.5 Å². The first-order chi connectivity index (χ1) is 20.3. The number of carbonyl (C=O) groups is 1.